The Morgan fingerprint density at radius 2 is 1.95 bits per heavy atom. The van der Waals surface area contributed by atoms with Gasteiger partial charge in [0.2, 0.25) is 11.8 Å². The fourth-order valence-corrected chi connectivity index (χ4v) is 6.90. The molecule has 1 saturated heterocycles. The van der Waals surface area contributed by atoms with Crippen LogP contribution in [0.2, 0.25) is 0 Å². The number of allylic oxidation sites excluding steroid dienone is 2. The van der Waals surface area contributed by atoms with E-state index < -0.39 is 29.4 Å². The summed E-state index contributed by atoms with van der Waals surface area (Å²) in [4.78, 5) is 46.7. The van der Waals surface area contributed by atoms with Gasteiger partial charge in [0.15, 0.2) is 5.78 Å². The number of ether oxygens (including phenoxy) is 1. The molecule has 224 valence electrons. The van der Waals surface area contributed by atoms with Crippen molar-refractivity contribution in [3.05, 3.63) is 84.3 Å². The monoisotopic (exact) mass is 584 g/mol. The zero-order chi connectivity index (χ0) is 30.0. The topological polar surface area (TPSA) is 96.8 Å². The van der Waals surface area contributed by atoms with Gasteiger partial charge in [0.05, 0.1) is 18.0 Å². The number of halogens is 1. The number of carboxylic acid groups (broad SMARTS) is 1. The molecule has 1 aliphatic carbocycles. The van der Waals surface area contributed by atoms with Crippen LogP contribution in [0, 0.1) is 23.1 Å². The van der Waals surface area contributed by atoms with Crippen molar-refractivity contribution in [3.8, 4) is 5.88 Å². The highest BCUT2D eigenvalue weighted by molar-refractivity contribution is 5.95. The van der Waals surface area contributed by atoms with Crippen LogP contribution in [-0.4, -0.2) is 51.3 Å². The van der Waals surface area contributed by atoms with Gasteiger partial charge in [-0.15, -0.1) is 0 Å². The van der Waals surface area contributed by atoms with Crippen molar-refractivity contribution in [2.45, 2.75) is 69.9 Å². The molecule has 1 aromatic heterocycles. The number of aromatic nitrogens is 1. The van der Waals surface area contributed by atoms with Gasteiger partial charge in [-0.1, -0.05) is 55.3 Å². The summed E-state index contributed by atoms with van der Waals surface area (Å²) in [6, 6.07) is 15.2. The van der Waals surface area contributed by atoms with Crippen LogP contribution in [0.3, 0.4) is 0 Å². The molecule has 3 aromatic rings. The first-order valence-electron chi connectivity index (χ1n) is 15.3. The summed E-state index contributed by atoms with van der Waals surface area (Å²) in [7, 11) is 0. The van der Waals surface area contributed by atoms with Crippen molar-refractivity contribution in [2.24, 2.45) is 17.3 Å². The first kappa shape index (κ1) is 29.0. The Bertz CT molecular complexity index is 1550. The third-order valence-corrected chi connectivity index (χ3v) is 9.39. The average molecular weight is 585 g/mol. The number of amides is 1. The van der Waals surface area contributed by atoms with Gasteiger partial charge in [0.1, 0.15) is 11.9 Å². The molecule has 1 amide bonds. The normalized spacial score (nSPS) is 28.8. The minimum absolute atomic E-state index is 0.125. The van der Waals surface area contributed by atoms with E-state index in [9.17, 15) is 23.9 Å². The molecule has 0 unspecified atom stereocenters. The van der Waals surface area contributed by atoms with E-state index in [1.807, 2.05) is 48.6 Å². The second-order valence-electron chi connectivity index (χ2n) is 12.3. The molecule has 1 saturated carbocycles. The summed E-state index contributed by atoms with van der Waals surface area (Å²) in [5, 5.41) is 12.0. The van der Waals surface area contributed by atoms with Gasteiger partial charge in [-0.25, -0.2) is 9.37 Å². The van der Waals surface area contributed by atoms with E-state index in [2.05, 4.69) is 4.98 Å². The lowest BCUT2D eigenvalue weighted by atomic mass is 9.90. The van der Waals surface area contributed by atoms with Crippen molar-refractivity contribution in [3.63, 3.8) is 0 Å². The molecule has 2 aliphatic heterocycles. The van der Waals surface area contributed by atoms with Crippen LogP contribution in [0.1, 0.15) is 56.9 Å². The Kier molecular flexibility index (Phi) is 8.28. The lowest BCUT2D eigenvalue weighted by Crippen LogP contribution is -2.45. The van der Waals surface area contributed by atoms with E-state index in [0.717, 1.165) is 42.0 Å². The van der Waals surface area contributed by atoms with Gasteiger partial charge in [-0.3, -0.25) is 14.4 Å². The molecule has 0 radical (unpaired) electrons. The number of hydrogen-bond acceptors (Lipinski definition) is 5. The number of aliphatic carboxylic acids is 1. The smallest absolute Gasteiger partial charge is 0.310 e. The van der Waals surface area contributed by atoms with Crippen LogP contribution in [0.4, 0.5) is 4.39 Å². The Morgan fingerprint density at radius 1 is 1.09 bits per heavy atom. The molecule has 0 bridgehead atoms. The van der Waals surface area contributed by atoms with Gasteiger partial charge in [0.25, 0.3) is 0 Å². The van der Waals surface area contributed by atoms with Gasteiger partial charge in [-0.2, -0.15) is 0 Å². The summed E-state index contributed by atoms with van der Waals surface area (Å²) in [6.45, 7) is 0.198. The summed E-state index contributed by atoms with van der Waals surface area (Å²) in [5.41, 5.74) is -0.390. The highest BCUT2D eigenvalue weighted by Crippen LogP contribution is 2.57. The Hall–Kier alpha value is -4.07. The number of nitrogens with zero attached hydrogens (tertiary/aromatic N) is 2. The number of carbonyl (C=O) groups excluding carboxylic acids is 2. The van der Waals surface area contributed by atoms with Gasteiger partial charge in [-0.05, 0) is 73.2 Å². The zero-order valence-electron chi connectivity index (χ0n) is 24.2. The number of hydrogen-bond donors (Lipinski definition) is 1. The number of carbonyl (C=O) groups is 3. The molecule has 2 fully saturated rings. The van der Waals surface area contributed by atoms with E-state index in [4.69, 9.17) is 4.74 Å². The SMILES string of the molecule is O=C1C[C@]2(C(=O)O)C[C@H]2/C=C\CCCCC[C@H](Cc2cccc(F)c2)C(=O)N2C[C@H](Oc3nccc4ccccc34)C[C@@H]12. The van der Waals surface area contributed by atoms with E-state index in [-0.39, 0.29) is 42.8 Å². The van der Waals surface area contributed by atoms with Crippen molar-refractivity contribution >= 4 is 28.4 Å². The summed E-state index contributed by atoms with van der Waals surface area (Å²) in [5.74, 6) is -1.90. The number of rotatable bonds is 5. The third kappa shape index (κ3) is 6.19. The third-order valence-electron chi connectivity index (χ3n) is 9.39. The zero-order valence-corrected chi connectivity index (χ0v) is 24.2. The van der Waals surface area contributed by atoms with E-state index in [1.165, 1.54) is 12.1 Å². The van der Waals surface area contributed by atoms with E-state index in [0.29, 0.717) is 25.1 Å². The van der Waals surface area contributed by atoms with Gasteiger partial charge < -0.3 is 14.7 Å². The maximum Gasteiger partial charge on any atom is 0.310 e. The minimum atomic E-state index is -1.13. The number of carboxylic acids is 1. The number of pyridine rings is 1. The Balaban J connectivity index is 1.31. The van der Waals surface area contributed by atoms with Crippen LogP contribution >= 0.6 is 0 Å². The molecular weight excluding hydrogens is 547 g/mol. The quantitative estimate of drug-likeness (QED) is 0.362. The maximum atomic E-state index is 14.3. The molecule has 3 heterocycles. The lowest BCUT2D eigenvalue weighted by Gasteiger charge is -2.29. The van der Waals surface area contributed by atoms with Crippen molar-refractivity contribution in [1.82, 2.24) is 9.88 Å². The van der Waals surface area contributed by atoms with Crippen LogP contribution in [0.15, 0.2) is 72.9 Å². The number of fused-ring (bicyclic) bond motifs is 3. The van der Waals surface area contributed by atoms with Crippen LogP contribution in [0.5, 0.6) is 5.88 Å². The standard InChI is InChI=1S/C35H37FN2O5/c36-27-13-8-9-23(18-27)17-25-11-4-2-1-3-5-12-26-20-35(26,34(41)42)21-31(39)30-19-28(22-38(30)33(25)40)43-32-29-14-7-6-10-24(29)15-16-37-32/h5-10,12-16,18,25-26,28,30H,1-4,11,17,19-22H2,(H,41,42)/b12-5-/t25-,26-,28-,30+,35-/m1/s1. The first-order valence-corrected chi connectivity index (χ1v) is 15.3. The summed E-state index contributed by atoms with van der Waals surface area (Å²) < 4.78 is 20.4. The van der Waals surface area contributed by atoms with Crippen molar-refractivity contribution in [1.29, 1.82) is 0 Å². The molecule has 8 heteroatoms. The molecular formula is C35H37FN2O5. The van der Waals surface area contributed by atoms with Gasteiger partial charge >= 0.3 is 5.97 Å². The lowest BCUT2D eigenvalue weighted by molar-refractivity contribution is -0.147. The molecule has 43 heavy (non-hydrogen) atoms. The van der Waals surface area contributed by atoms with Crippen LogP contribution < -0.4 is 4.74 Å². The highest BCUT2D eigenvalue weighted by Gasteiger charge is 2.61. The molecule has 2 aromatic carbocycles. The predicted octanol–water partition coefficient (Wildman–Crippen LogP) is 6.15. The minimum Gasteiger partial charge on any atom is -0.481 e. The second-order valence-corrected chi connectivity index (χ2v) is 12.3. The Labute approximate surface area is 250 Å². The average Bonchev–Trinajstić information content (AvgIpc) is 3.53. The number of benzene rings is 2. The highest BCUT2D eigenvalue weighted by atomic mass is 19.1. The Morgan fingerprint density at radius 3 is 2.79 bits per heavy atom. The summed E-state index contributed by atoms with van der Waals surface area (Å²) >= 11 is 0. The molecule has 3 aliphatic rings. The van der Waals surface area contributed by atoms with E-state index >= 15 is 0 Å². The van der Waals surface area contributed by atoms with Crippen LogP contribution in [-0.2, 0) is 20.8 Å². The van der Waals surface area contributed by atoms with Crippen LogP contribution in [0.25, 0.3) is 10.8 Å². The fraction of sp³-hybridized carbons (Fsp3) is 0.429. The number of Topliss-reactive ketones (excluding diaryl/α,β-unsaturated/α-hetero) is 1. The molecule has 1 N–H and O–H groups in total. The first-order chi connectivity index (χ1) is 20.8. The maximum absolute atomic E-state index is 14.3. The molecule has 5 atom stereocenters. The fourth-order valence-electron chi connectivity index (χ4n) is 6.90. The molecule has 7 nitrogen and oxygen atoms in total. The molecule has 6 rings (SSSR count). The largest absolute Gasteiger partial charge is 0.481 e. The van der Waals surface area contributed by atoms with Gasteiger partial charge in [0, 0.05) is 30.3 Å². The van der Waals surface area contributed by atoms with Crippen molar-refractivity contribution < 1.29 is 28.6 Å². The second kappa shape index (κ2) is 12.3. The van der Waals surface area contributed by atoms with Crippen molar-refractivity contribution in [2.75, 3.05) is 6.54 Å². The summed E-state index contributed by atoms with van der Waals surface area (Å²) in [6.07, 6.45) is 10.3. The van der Waals surface area contributed by atoms with E-state index in [1.54, 1.807) is 17.2 Å². The molecule has 0 spiro atoms. The predicted molar refractivity (Wildman–Crippen MR) is 160 cm³/mol. The number of ketones is 1.